The molecule has 1 rings (SSSR count). The van der Waals surface area contributed by atoms with Gasteiger partial charge in [0.1, 0.15) is 5.82 Å². The van der Waals surface area contributed by atoms with Gasteiger partial charge in [-0.15, -0.1) is 0 Å². The molecule has 0 spiro atoms. The topological polar surface area (TPSA) is 78.4 Å². The fourth-order valence-corrected chi connectivity index (χ4v) is 1.83. The Kier molecular flexibility index (Phi) is 5.96. The summed E-state index contributed by atoms with van der Waals surface area (Å²) in [6, 6.07) is 3.87. The molecule has 5 nitrogen and oxygen atoms in total. The van der Waals surface area contributed by atoms with E-state index in [9.17, 15) is 14.0 Å². The van der Waals surface area contributed by atoms with Gasteiger partial charge in [0.2, 0.25) is 0 Å². The molecule has 110 valence electrons. The van der Waals surface area contributed by atoms with Crippen molar-refractivity contribution in [1.29, 1.82) is 0 Å². The molecule has 1 unspecified atom stereocenters. The summed E-state index contributed by atoms with van der Waals surface area (Å²) in [6.45, 7) is 3.57. The van der Waals surface area contributed by atoms with Crippen LogP contribution < -0.4 is 10.6 Å². The van der Waals surface area contributed by atoms with E-state index in [1.807, 2.05) is 6.92 Å². The number of benzene rings is 1. The minimum Gasteiger partial charge on any atom is -0.481 e. The minimum absolute atomic E-state index is 0.0164. The molecule has 6 heteroatoms. The molecule has 0 saturated carbocycles. The van der Waals surface area contributed by atoms with E-state index in [1.165, 1.54) is 6.07 Å². The van der Waals surface area contributed by atoms with Crippen LogP contribution in [-0.2, 0) is 4.79 Å². The van der Waals surface area contributed by atoms with Crippen LogP contribution in [0.15, 0.2) is 18.2 Å². The maximum absolute atomic E-state index is 13.5. The fourth-order valence-electron chi connectivity index (χ4n) is 1.83. The van der Waals surface area contributed by atoms with Gasteiger partial charge in [0, 0.05) is 6.54 Å². The van der Waals surface area contributed by atoms with E-state index in [-0.39, 0.29) is 12.2 Å². The second-order valence-corrected chi connectivity index (χ2v) is 4.59. The number of nitrogens with one attached hydrogen (secondary N) is 2. The number of carbonyl (C=O) groups excluding carboxylic acids is 1. The Morgan fingerprint density at radius 3 is 2.65 bits per heavy atom. The molecule has 1 atom stereocenters. The van der Waals surface area contributed by atoms with Gasteiger partial charge in [0.05, 0.1) is 11.6 Å². The zero-order valence-electron chi connectivity index (χ0n) is 11.6. The summed E-state index contributed by atoms with van der Waals surface area (Å²) in [4.78, 5) is 22.6. The molecule has 0 heterocycles. The van der Waals surface area contributed by atoms with Crippen molar-refractivity contribution >= 4 is 17.7 Å². The number of rotatable bonds is 6. The summed E-state index contributed by atoms with van der Waals surface area (Å²) in [6.07, 6.45) is 1.20. The number of carboxylic acids is 1. The van der Waals surface area contributed by atoms with Crippen molar-refractivity contribution in [3.8, 4) is 0 Å². The van der Waals surface area contributed by atoms with Crippen molar-refractivity contribution in [1.82, 2.24) is 5.32 Å². The third-order valence-corrected chi connectivity index (χ3v) is 2.96. The van der Waals surface area contributed by atoms with E-state index in [4.69, 9.17) is 5.11 Å². The number of urea groups is 1. The predicted octanol–water partition coefficient (Wildman–Crippen LogP) is 2.76. The highest BCUT2D eigenvalue weighted by Gasteiger charge is 2.17. The van der Waals surface area contributed by atoms with Crippen LogP contribution in [0.5, 0.6) is 0 Å². The van der Waals surface area contributed by atoms with Crippen LogP contribution in [0.2, 0.25) is 0 Å². The molecule has 2 amide bonds. The molecule has 0 aromatic heterocycles. The molecule has 20 heavy (non-hydrogen) atoms. The van der Waals surface area contributed by atoms with Gasteiger partial charge in [-0.3, -0.25) is 4.79 Å². The number of anilines is 1. The average Bonchev–Trinajstić information content (AvgIpc) is 2.38. The van der Waals surface area contributed by atoms with Crippen molar-refractivity contribution in [2.75, 3.05) is 11.9 Å². The second-order valence-electron chi connectivity index (χ2n) is 4.59. The zero-order chi connectivity index (χ0) is 15.1. The Hall–Kier alpha value is -2.11. The summed E-state index contributed by atoms with van der Waals surface area (Å²) in [5.74, 6) is -2.11. The first-order valence-electron chi connectivity index (χ1n) is 6.48. The standard InChI is InChI=1S/C14H19FN2O3/c1-3-5-10(13(18)19)8-16-14(20)17-12-9(2)6-4-7-11(12)15/h4,6-7,10H,3,5,8H2,1-2H3,(H,18,19)(H2,16,17,20). The van der Waals surface area contributed by atoms with Gasteiger partial charge in [0.25, 0.3) is 0 Å². The molecular weight excluding hydrogens is 263 g/mol. The number of carboxylic acid groups (broad SMARTS) is 1. The van der Waals surface area contributed by atoms with E-state index >= 15 is 0 Å². The number of aliphatic carboxylic acids is 1. The van der Waals surface area contributed by atoms with Crippen LogP contribution in [0.3, 0.4) is 0 Å². The van der Waals surface area contributed by atoms with Crippen LogP contribution in [0.4, 0.5) is 14.9 Å². The molecule has 0 aliphatic carbocycles. The number of aryl methyl sites for hydroxylation is 1. The number of para-hydroxylation sites is 1. The van der Waals surface area contributed by atoms with Gasteiger partial charge < -0.3 is 15.7 Å². The van der Waals surface area contributed by atoms with Crippen molar-refractivity contribution < 1.29 is 19.1 Å². The number of amides is 2. The van der Waals surface area contributed by atoms with Gasteiger partial charge >= 0.3 is 12.0 Å². The van der Waals surface area contributed by atoms with E-state index in [0.717, 1.165) is 0 Å². The van der Waals surface area contributed by atoms with Gasteiger partial charge in [-0.1, -0.05) is 25.5 Å². The molecule has 0 radical (unpaired) electrons. The van der Waals surface area contributed by atoms with E-state index in [2.05, 4.69) is 10.6 Å². The van der Waals surface area contributed by atoms with E-state index in [1.54, 1.807) is 19.1 Å². The van der Waals surface area contributed by atoms with Gasteiger partial charge in [-0.05, 0) is 25.0 Å². The highest BCUT2D eigenvalue weighted by Crippen LogP contribution is 2.18. The molecule has 0 fully saturated rings. The van der Waals surface area contributed by atoms with Crippen LogP contribution in [0.25, 0.3) is 0 Å². The van der Waals surface area contributed by atoms with Crippen LogP contribution >= 0.6 is 0 Å². The molecule has 1 aromatic carbocycles. The van der Waals surface area contributed by atoms with Gasteiger partial charge in [-0.25, -0.2) is 9.18 Å². The monoisotopic (exact) mass is 282 g/mol. The number of hydrogen-bond acceptors (Lipinski definition) is 2. The normalized spacial score (nSPS) is 11.8. The minimum atomic E-state index is -0.950. The maximum atomic E-state index is 13.5. The van der Waals surface area contributed by atoms with Crippen LogP contribution in [0, 0.1) is 18.7 Å². The molecule has 1 aromatic rings. The molecule has 0 saturated heterocycles. The first-order valence-corrected chi connectivity index (χ1v) is 6.48. The number of carbonyl (C=O) groups is 2. The zero-order valence-corrected chi connectivity index (χ0v) is 11.6. The van der Waals surface area contributed by atoms with E-state index in [0.29, 0.717) is 18.4 Å². The third-order valence-electron chi connectivity index (χ3n) is 2.96. The summed E-state index contributed by atoms with van der Waals surface area (Å²) < 4.78 is 13.5. The lowest BCUT2D eigenvalue weighted by molar-refractivity contribution is -0.141. The molecule has 0 bridgehead atoms. The highest BCUT2D eigenvalue weighted by atomic mass is 19.1. The summed E-state index contributed by atoms with van der Waals surface area (Å²) in [5.41, 5.74) is 0.704. The SMILES string of the molecule is CCCC(CNC(=O)Nc1c(C)cccc1F)C(=O)O. The number of hydrogen-bond donors (Lipinski definition) is 3. The Bertz CT molecular complexity index is 471. The maximum Gasteiger partial charge on any atom is 0.319 e. The Labute approximate surface area is 117 Å². The van der Waals surface area contributed by atoms with Gasteiger partial charge in [-0.2, -0.15) is 0 Å². The number of halogens is 1. The summed E-state index contributed by atoms with van der Waals surface area (Å²) in [5, 5.41) is 13.8. The first kappa shape index (κ1) is 15.9. The summed E-state index contributed by atoms with van der Waals surface area (Å²) in [7, 11) is 0. The predicted molar refractivity (Wildman–Crippen MR) is 74.2 cm³/mol. The van der Waals surface area contributed by atoms with E-state index < -0.39 is 23.7 Å². The van der Waals surface area contributed by atoms with Crippen molar-refractivity contribution in [2.24, 2.45) is 5.92 Å². The molecule has 3 N–H and O–H groups in total. The Morgan fingerprint density at radius 2 is 2.10 bits per heavy atom. The quantitative estimate of drug-likeness (QED) is 0.750. The van der Waals surface area contributed by atoms with Crippen molar-refractivity contribution in [2.45, 2.75) is 26.7 Å². The van der Waals surface area contributed by atoms with Crippen LogP contribution in [-0.4, -0.2) is 23.7 Å². The lowest BCUT2D eigenvalue weighted by atomic mass is 10.0. The molecular formula is C14H19FN2O3. The average molecular weight is 282 g/mol. The summed E-state index contributed by atoms with van der Waals surface area (Å²) >= 11 is 0. The van der Waals surface area contributed by atoms with Gasteiger partial charge in [0.15, 0.2) is 0 Å². The van der Waals surface area contributed by atoms with Crippen LogP contribution in [0.1, 0.15) is 25.3 Å². The van der Waals surface area contributed by atoms with Crippen molar-refractivity contribution in [3.05, 3.63) is 29.6 Å². The Balaban J connectivity index is 2.58. The fraction of sp³-hybridized carbons (Fsp3) is 0.429. The third kappa shape index (κ3) is 4.53. The lowest BCUT2D eigenvalue weighted by Crippen LogP contribution is -2.36. The second kappa shape index (κ2) is 7.47. The largest absolute Gasteiger partial charge is 0.481 e. The highest BCUT2D eigenvalue weighted by molar-refractivity contribution is 5.90. The molecule has 0 aliphatic heterocycles. The smallest absolute Gasteiger partial charge is 0.319 e. The lowest BCUT2D eigenvalue weighted by Gasteiger charge is -2.14. The molecule has 0 aliphatic rings. The van der Waals surface area contributed by atoms with Crippen molar-refractivity contribution in [3.63, 3.8) is 0 Å². The Morgan fingerprint density at radius 1 is 1.40 bits per heavy atom. The first-order chi connectivity index (χ1) is 9.45.